The van der Waals surface area contributed by atoms with Crippen molar-refractivity contribution in [1.29, 1.82) is 0 Å². The number of hydrogen-bond acceptors (Lipinski definition) is 5. The number of pyridine rings is 1. The molecule has 6 heteroatoms. The van der Waals surface area contributed by atoms with Crippen molar-refractivity contribution >= 4 is 17.2 Å². The van der Waals surface area contributed by atoms with Crippen LogP contribution < -0.4 is 5.73 Å². The summed E-state index contributed by atoms with van der Waals surface area (Å²) in [5.41, 5.74) is 6.97. The maximum atomic E-state index is 11.6. The molecule has 0 aromatic carbocycles. The summed E-state index contributed by atoms with van der Waals surface area (Å²) in [6, 6.07) is 3.44. The molecule has 3 N–H and O–H groups in total. The molecule has 2 aromatic rings. The summed E-state index contributed by atoms with van der Waals surface area (Å²) >= 11 is 0. The third-order valence-corrected chi connectivity index (χ3v) is 2.48. The summed E-state index contributed by atoms with van der Waals surface area (Å²) in [5.74, 6) is 0.0415. The molecule has 0 amide bonds. The Balaban J connectivity index is 2.71. The number of hydrogen-bond donors (Lipinski definition) is 2. The van der Waals surface area contributed by atoms with Crippen molar-refractivity contribution in [2.24, 2.45) is 0 Å². The highest BCUT2D eigenvalue weighted by atomic mass is 16.5. The van der Waals surface area contributed by atoms with Gasteiger partial charge in [0.05, 0.1) is 19.4 Å². The van der Waals surface area contributed by atoms with Crippen molar-refractivity contribution in [3.8, 4) is 0 Å². The quantitative estimate of drug-likeness (QED) is 0.744. The number of aromatic nitrogens is 2. The number of aliphatic hydroxyl groups is 1. The first kappa shape index (κ1) is 11.4. The molecular weight excluding hydrogens is 222 g/mol. The van der Waals surface area contributed by atoms with Crippen LogP contribution in [0.25, 0.3) is 5.52 Å². The van der Waals surface area contributed by atoms with Gasteiger partial charge in [-0.2, -0.15) is 0 Å². The fourth-order valence-corrected chi connectivity index (χ4v) is 1.74. The summed E-state index contributed by atoms with van der Waals surface area (Å²) in [5, 5.41) is 8.95. The zero-order valence-electron chi connectivity index (χ0n) is 9.38. The largest absolute Gasteiger partial charge is 0.464 e. The van der Waals surface area contributed by atoms with Crippen LogP contribution in [0, 0.1) is 0 Å². The van der Waals surface area contributed by atoms with Crippen LogP contribution in [0.4, 0.5) is 5.69 Å². The van der Waals surface area contributed by atoms with Crippen molar-refractivity contribution in [3.05, 3.63) is 29.8 Å². The maximum Gasteiger partial charge on any atom is 0.359 e. The summed E-state index contributed by atoms with van der Waals surface area (Å²) in [6.45, 7) is -0.0471. The van der Waals surface area contributed by atoms with Gasteiger partial charge < -0.3 is 20.0 Å². The van der Waals surface area contributed by atoms with Crippen LogP contribution in [-0.2, 0) is 11.2 Å². The SMILES string of the molecule is COC(=O)c1nc(CCO)n2cccc(N)c12. The Kier molecular flexibility index (Phi) is 2.97. The van der Waals surface area contributed by atoms with Gasteiger partial charge in [0.15, 0.2) is 5.69 Å². The van der Waals surface area contributed by atoms with Gasteiger partial charge in [-0.25, -0.2) is 9.78 Å². The maximum absolute atomic E-state index is 11.6. The third kappa shape index (κ3) is 1.83. The molecule has 0 aliphatic carbocycles. The highest BCUT2D eigenvalue weighted by Gasteiger charge is 2.19. The summed E-state index contributed by atoms with van der Waals surface area (Å²) in [6.07, 6.45) is 2.09. The van der Waals surface area contributed by atoms with E-state index in [1.807, 2.05) is 0 Å². The smallest absolute Gasteiger partial charge is 0.359 e. The number of nitrogens with two attached hydrogens (primary N) is 1. The number of anilines is 1. The van der Waals surface area contributed by atoms with Crippen molar-refractivity contribution in [1.82, 2.24) is 9.38 Å². The Morgan fingerprint density at radius 3 is 3.06 bits per heavy atom. The van der Waals surface area contributed by atoms with Crippen LogP contribution in [0.5, 0.6) is 0 Å². The molecule has 17 heavy (non-hydrogen) atoms. The number of methoxy groups -OCH3 is 1. The first-order valence-corrected chi connectivity index (χ1v) is 5.13. The second-order valence-electron chi connectivity index (χ2n) is 3.52. The number of nitrogen functional groups attached to an aromatic ring is 1. The molecule has 0 unspecified atom stereocenters. The molecule has 2 aromatic heterocycles. The number of fused-ring (bicyclic) bond motifs is 1. The molecular formula is C11H13N3O3. The Labute approximate surface area is 97.6 Å². The molecule has 0 saturated heterocycles. The highest BCUT2D eigenvalue weighted by molar-refractivity contribution is 5.98. The van der Waals surface area contributed by atoms with Crippen LogP contribution in [0.1, 0.15) is 16.3 Å². The summed E-state index contributed by atoms with van der Waals surface area (Å²) in [7, 11) is 1.29. The van der Waals surface area contributed by atoms with Gasteiger partial charge in [0.2, 0.25) is 0 Å². The van der Waals surface area contributed by atoms with Crippen molar-refractivity contribution in [2.45, 2.75) is 6.42 Å². The second-order valence-corrected chi connectivity index (χ2v) is 3.52. The van der Waals surface area contributed by atoms with E-state index in [0.29, 0.717) is 23.4 Å². The van der Waals surface area contributed by atoms with Gasteiger partial charge in [-0.3, -0.25) is 0 Å². The van der Waals surface area contributed by atoms with Gasteiger partial charge >= 0.3 is 5.97 Å². The monoisotopic (exact) mass is 235 g/mol. The van der Waals surface area contributed by atoms with Crippen molar-refractivity contribution < 1.29 is 14.6 Å². The number of carbonyl (C=O) groups excluding carboxylic acids is 1. The summed E-state index contributed by atoms with van der Waals surface area (Å²) in [4.78, 5) is 15.7. The van der Waals surface area contributed by atoms with Gasteiger partial charge in [-0.15, -0.1) is 0 Å². The van der Waals surface area contributed by atoms with E-state index in [9.17, 15) is 4.79 Å². The molecule has 0 atom stereocenters. The lowest BCUT2D eigenvalue weighted by atomic mass is 10.3. The molecule has 0 aliphatic heterocycles. The fraction of sp³-hybridized carbons (Fsp3) is 0.273. The van der Waals surface area contributed by atoms with Gasteiger partial charge in [-0.05, 0) is 12.1 Å². The van der Waals surface area contributed by atoms with E-state index in [0.717, 1.165) is 0 Å². The van der Waals surface area contributed by atoms with Gasteiger partial charge in [0.1, 0.15) is 11.3 Å². The average Bonchev–Trinajstić information content (AvgIpc) is 2.69. The second kappa shape index (κ2) is 4.42. The Morgan fingerprint density at radius 1 is 1.65 bits per heavy atom. The zero-order valence-corrected chi connectivity index (χ0v) is 9.38. The molecule has 0 radical (unpaired) electrons. The van der Waals surface area contributed by atoms with E-state index in [2.05, 4.69) is 9.72 Å². The molecule has 0 spiro atoms. The minimum atomic E-state index is -0.537. The predicted octanol–water partition coefficient (Wildman–Crippen LogP) is 0.238. The average molecular weight is 235 g/mol. The van der Waals surface area contributed by atoms with Crippen LogP contribution in [-0.4, -0.2) is 34.2 Å². The van der Waals surface area contributed by atoms with E-state index in [1.54, 1.807) is 22.7 Å². The lowest BCUT2D eigenvalue weighted by molar-refractivity contribution is 0.0596. The predicted molar refractivity (Wildman–Crippen MR) is 61.7 cm³/mol. The van der Waals surface area contributed by atoms with Gasteiger partial charge in [0, 0.05) is 12.6 Å². The van der Waals surface area contributed by atoms with Crippen molar-refractivity contribution in [2.75, 3.05) is 19.5 Å². The van der Waals surface area contributed by atoms with E-state index in [4.69, 9.17) is 10.8 Å². The van der Waals surface area contributed by atoms with E-state index in [-0.39, 0.29) is 12.3 Å². The standard InChI is InChI=1S/C11H13N3O3/c1-17-11(16)9-10-7(12)3-2-5-14(10)8(13-9)4-6-15/h2-3,5,15H,4,6,12H2,1H3. The molecule has 2 rings (SSSR count). The number of ether oxygens (including phenoxy) is 1. The third-order valence-electron chi connectivity index (χ3n) is 2.48. The van der Waals surface area contributed by atoms with Crippen LogP contribution >= 0.6 is 0 Å². The molecule has 0 saturated carbocycles. The fourth-order valence-electron chi connectivity index (χ4n) is 1.74. The van der Waals surface area contributed by atoms with Gasteiger partial charge in [-0.1, -0.05) is 0 Å². The normalized spacial score (nSPS) is 10.7. The van der Waals surface area contributed by atoms with Crippen LogP contribution in [0.2, 0.25) is 0 Å². The number of esters is 1. The number of aliphatic hydroxyl groups excluding tert-OH is 1. The Hall–Kier alpha value is -2.08. The van der Waals surface area contributed by atoms with E-state index in [1.165, 1.54) is 7.11 Å². The molecule has 0 aliphatic rings. The lowest BCUT2D eigenvalue weighted by Crippen LogP contribution is -2.03. The van der Waals surface area contributed by atoms with Gasteiger partial charge in [0.25, 0.3) is 0 Å². The van der Waals surface area contributed by atoms with Crippen molar-refractivity contribution in [3.63, 3.8) is 0 Å². The number of imidazole rings is 1. The molecule has 2 heterocycles. The van der Waals surface area contributed by atoms with Crippen LogP contribution in [0.15, 0.2) is 18.3 Å². The number of nitrogens with zero attached hydrogens (tertiary/aromatic N) is 2. The minimum absolute atomic E-state index is 0.0471. The first-order chi connectivity index (χ1) is 8.19. The Bertz CT molecular complexity index is 562. The first-order valence-electron chi connectivity index (χ1n) is 5.13. The van der Waals surface area contributed by atoms with E-state index < -0.39 is 5.97 Å². The number of carbonyl (C=O) groups is 1. The topological polar surface area (TPSA) is 89.8 Å². The molecule has 6 nitrogen and oxygen atoms in total. The molecule has 0 bridgehead atoms. The van der Waals surface area contributed by atoms with Crippen LogP contribution in [0.3, 0.4) is 0 Å². The summed E-state index contributed by atoms with van der Waals surface area (Å²) < 4.78 is 6.35. The Morgan fingerprint density at radius 2 is 2.41 bits per heavy atom. The number of rotatable bonds is 3. The molecule has 0 fully saturated rings. The lowest BCUT2D eigenvalue weighted by Gasteiger charge is -2.01. The van der Waals surface area contributed by atoms with E-state index >= 15 is 0 Å². The highest BCUT2D eigenvalue weighted by Crippen LogP contribution is 2.20. The minimum Gasteiger partial charge on any atom is -0.464 e. The zero-order chi connectivity index (χ0) is 12.4. The molecule has 90 valence electrons.